The van der Waals surface area contributed by atoms with E-state index in [0.29, 0.717) is 38.8 Å². The number of morpholine rings is 1. The normalized spacial score (nSPS) is 15.9. The van der Waals surface area contributed by atoms with Gasteiger partial charge in [-0.3, -0.25) is 4.99 Å². The van der Waals surface area contributed by atoms with Gasteiger partial charge in [-0.15, -0.1) is 24.0 Å². The van der Waals surface area contributed by atoms with Crippen molar-refractivity contribution in [3.63, 3.8) is 0 Å². The number of nitrogens with one attached hydrogen (secondary N) is 2. The Kier molecular flexibility index (Phi) is 10.6. The van der Waals surface area contributed by atoms with E-state index in [1.54, 1.807) is 7.05 Å². The number of hydrogen-bond acceptors (Lipinski definition) is 4. The second-order valence-corrected chi connectivity index (χ2v) is 8.59. The Morgan fingerprint density at radius 3 is 2.30 bits per heavy atom. The van der Waals surface area contributed by atoms with Gasteiger partial charge in [0.1, 0.15) is 0 Å². The number of sulfonamides is 1. The maximum atomic E-state index is 12.3. The van der Waals surface area contributed by atoms with Crippen molar-refractivity contribution in [1.29, 1.82) is 0 Å². The van der Waals surface area contributed by atoms with Gasteiger partial charge in [-0.1, -0.05) is 29.3 Å². The number of benzene rings is 1. The average Bonchev–Trinajstić information content (AvgIpc) is 2.60. The lowest BCUT2D eigenvalue weighted by Gasteiger charge is -2.26. The Bertz CT molecular complexity index is 699. The lowest BCUT2D eigenvalue weighted by atomic mass is 10.1. The van der Waals surface area contributed by atoms with Crippen molar-refractivity contribution >= 4 is 40.0 Å². The number of halogens is 1. The number of guanidine groups is 1. The van der Waals surface area contributed by atoms with Crippen LogP contribution < -0.4 is 10.6 Å². The number of nitrogens with zero attached hydrogens (tertiary/aromatic N) is 2. The van der Waals surface area contributed by atoms with E-state index in [-0.39, 0.29) is 29.7 Å². The summed E-state index contributed by atoms with van der Waals surface area (Å²) in [5.41, 5.74) is 3.80. The van der Waals surface area contributed by atoms with E-state index in [1.165, 1.54) is 21.0 Å². The van der Waals surface area contributed by atoms with Crippen molar-refractivity contribution in [1.82, 2.24) is 14.9 Å². The predicted molar refractivity (Wildman–Crippen MR) is 121 cm³/mol. The molecule has 0 atom stereocenters. The molecule has 154 valence electrons. The van der Waals surface area contributed by atoms with Gasteiger partial charge in [0.15, 0.2) is 5.96 Å². The Labute approximate surface area is 180 Å². The molecule has 7 nitrogen and oxygen atoms in total. The molecule has 0 aromatic heterocycles. The molecule has 1 aliphatic rings. The van der Waals surface area contributed by atoms with Crippen molar-refractivity contribution in [2.24, 2.45) is 4.99 Å². The predicted octanol–water partition coefficient (Wildman–Crippen LogP) is 1.29. The topological polar surface area (TPSA) is 83.0 Å². The molecule has 1 aromatic carbocycles. The van der Waals surface area contributed by atoms with Crippen LogP contribution in [0.5, 0.6) is 0 Å². The van der Waals surface area contributed by atoms with E-state index in [4.69, 9.17) is 4.74 Å². The van der Waals surface area contributed by atoms with E-state index < -0.39 is 10.0 Å². The van der Waals surface area contributed by atoms with Gasteiger partial charge < -0.3 is 15.4 Å². The molecule has 2 rings (SSSR count). The molecule has 0 bridgehead atoms. The number of aliphatic imine (C=N–C) groups is 1. The molecular formula is C18H31IN4O3S. The van der Waals surface area contributed by atoms with Crippen LogP contribution in [0.25, 0.3) is 0 Å². The molecule has 1 heterocycles. The highest BCUT2D eigenvalue weighted by Gasteiger charge is 2.23. The van der Waals surface area contributed by atoms with Crippen LogP contribution >= 0.6 is 24.0 Å². The van der Waals surface area contributed by atoms with Gasteiger partial charge >= 0.3 is 0 Å². The molecule has 0 amide bonds. The van der Waals surface area contributed by atoms with Crippen molar-refractivity contribution < 1.29 is 13.2 Å². The van der Waals surface area contributed by atoms with E-state index >= 15 is 0 Å². The van der Waals surface area contributed by atoms with Crippen LogP contribution in [0.1, 0.15) is 16.7 Å². The maximum absolute atomic E-state index is 12.3. The van der Waals surface area contributed by atoms with Gasteiger partial charge in [-0.05, 0) is 25.8 Å². The lowest BCUT2D eigenvalue weighted by molar-refractivity contribution is 0.0730. The van der Waals surface area contributed by atoms with E-state index in [0.717, 1.165) is 13.0 Å². The quantitative estimate of drug-likeness (QED) is 0.328. The van der Waals surface area contributed by atoms with Crippen molar-refractivity contribution in [3.05, 3.63) is 34.9 Å². The Hall–Kier alpha value is -0.910. The first-order valence-corrected chi connectivity index (χ1v) is 10.6. The fraction of sp³-hybridized carbons (Fsp3) is 0.611. The first kappa shape index (κ1) is 24.1. The minimum Gasteiger partial charge on any atom is -0.379 e. The van der Waals surface area contributed by atoms with Crippen LogP contribution in [0.4, 0.5) is 0 Å². The van der Waals surface area contributed by atoms with Gasteiger partial charge in [0.05, 0.1) is 19.0 Å². The minimum absolute atomic E-state index is 0. The fourth-order valence-electron chi connectivity index (χ4n) is 3.01. The van der Waals surface area contributed by atoms with Crippen LogP contribution in [0, 0.1) is 13.8 Å². The van der Waals surface area contributed by atoms with Crippen LogP contribution in [0.2, 0.25) is 0 Å². The highest BCUT2D eigenvalue weighted by molar-refractivity contribution is 14.0. The van der Waals surface area contributed by atoms with Crippen molar-refractivity contribution in [3.8, 4) is 0 Å². The average molecular weight is 510 g/mol. The summed E-state index contributed by atoms with van der Waals surface area (Å²) in [7, 11) is -1.57. The molecular weight excluding hydrogens is 479 g/mol. The Morgan fingerprint density at radius 1 is 1.11 bits per heavy atom. The lowest BCUT2D eigenvalue weighted by Crippen LogP contribution is -2.45. The zero-order valence-electron chi connectivity index (χ0n) is 16.3. The first-order chi connectivity index (χ1) is 12.4. The van der Waals surface area contributed by atoms with E-state index in [2.05, 4.69) is 47.7 Å². The van der Waals surface area contributed by atoms with Crippen LogP contribution in [0.15, 0.2) is 23.2 Å². The second kappa shape index (κ2) is 11.8. The highest BCUT2D eigenvalue weighted by atomic mass is 127. The summed E-state index contributed by atoms with van der Waals surface area (Å²) in [4.78, 5) is 4.15. The Balaban J connectivity index is 0.00000364. The molecule has 1 aliphatic heterocycles. The molecule has 0 aliphatic carbocycles. The summed E-state index contributed by atoms with van der Waals surface area (Å²) >= 11 is 0. The second-order valence-electron chi connectivity index (χ2n) is 6.50. The van der Waals surface area contributed by atoms with Crippen LogP contribution in [-0.2, 0) is 21.2 Å². The SMILES string of the molecule is CN=C(NCCc1cc(C)cc(C)c1)NCCS(=O)(=O)N1CCOCC1.I. The summed E-state index contributed by atoms with van der Waals surface area (Å²) in [6.45, 7) is 7.05. The summed E-state index contributed by atoms with van der Waals surface area (Å²) in [5, 5.41) is 6.31. The zero-order valence-corrected chi connectivity index (χ0v) is 19.5. The van der Waals surface area contributed by atoms with Gasteiger partial charge in [-0.2, -0.15) is 4.31 Å². The first-order valence-electron chi connectivity index (χ1n) is 8.98. The molecule has 9 heteroatoms. The monoisotopic (exact) mass is 510 g/mol. The highest BCUT2D eigenvalue weighted by Crippen LogP contribution is 2.09. The van der Waals surface area contributed by atoms with Gasteiger partial charge in [0, 0.05) is 33.2 Å². The van der Waals surface area contributed by atoms with Gasteiger partial charge in [-0.25, -0.2) is 8.42 Å². The van der Waals surface area contributed by atoms with Crippen molar-refractivity contribution in [2.45, 2.75) is 20.3 Å². The molecule has 27 heavy (non-hydrogen) atoms. The summed E-state index contributed by atoms with van der Waals surface area (Å²) < 4.78 is 31.3. The van der Waals surface area contributed by atoms with E-state index in [9.17, 15) is 8.42 Å². The maximum Gasteiger partial charge on any atom is 0.215 e. The molecule has 2 N–H and O–H groups in total. The van der Waals surface area contributed by atoms with Crippen LogP contribution in [0.3, 0.4) is 0 Å². The zero-order chi connectivity index (χ0) is 19.0. The third-order valence-electron chi connectivity index (χ3n) is 4.23. The molecule has 1 aromatic rings. The smallest absolute Gasteiger partial charge is 0.215 e. The van der Waals surface area contributed by atoms with Crippen molar-refractivity contribution in [2.75, 3.05) is 52.2 Å². The van der Waals surface area contributed by atoms with Gasteiger partial charge in [0.25, 0.3) is 0 Å². The molecule has 0 spiro atoms. The van der Waals surface area contributed by atoms with Gasteiger partial charge in [0.2, 0.25) is 10.0 Å². The minimum atomic E-state index is -3.25. The van der Waals surface area contributed by atoms with Crippen LogP contribution in [-0.4, -0.2) is 70.9 Å². The standard InChI is InChI=1S/C18H30N4O3S.HI/c1-15-12-16(2)14-17(13-15)4-5-20-18(19-3)21-6-11-26(23,24)22-7-9-25-10-8-22;/h12-14H,4-11H2,1-3H3,(H2,19,20,21);1H. The number of rotatable bonds is 7. The molecule has 0 radical (unpaired) electrons. The molecule has 1 fully saturated rings. The van der Waals surface area contributed by atoms with E-state index in [1.807, 2.05) is 0 Å². The number of hydrogen-bond donors (Lipinski definition) is 2. The molecule has 1 saturated heterocycles. The largest absolute Gasteiger partial charge is 0.379 e. The summed E-state index contributed by atoms with van der Waals surface area (Å²) in [6, 6.07) is 6.52. The molecule has 0 unspecified atom stereocenters. The summed E-state index contributed by atoms with van der Waals surface area (Å²) in [5.74, 6) is 0.664. The third kappa shape index (κ3) is 8.32. The number of ether oxygens (including phenoxy) is 1. The summed E-state index contributed by atoms with van der Waals surface area (Å²) in [6.07, 6.45) is 0.884. The number of aryl methyl sites for hydroxylation is 2. The Morgan fingerprint density at radius 2 is 1.70 bits per heavy atom. The fourth-order valence-corrected chi connectivity index (χ4v) is 4.34. The molecule has 0 saturated carbocycles. The third-order valence-corrected chi connectivity index (χ3v) is 6.10.